The summed E-state index contributed by atoms with van der Waals surface area (Å²) in [6.45, 7) is 0.268. The minimum absolute atomic E-state index is 0.202. The van der Waals surface area contributed by atoms with Crippen molar-refractivity contribution in [3.63, 3.8) is 0 Å². The van der Waals surface area contributed by atoms with E-state index in [0.29, 0.717) is 13.0 Å². The Morgan fingerprint density at radius 1 is 1.44 bits per heavy atom. The van der Waals surface area contributed by atoms with Crippen LogP contribution >= 0.6 is 27.3 Å². The van der Waals surface area contributed by atoms with E-state index < -0.39 is 10.0 Å². The number of ether oxygens (including phenoxy) is 1. The lowest BCUT2D eigenvalue weighted by Gasteiger charge is -2.27. The Morgan fingerprint density at radius 3 is 2.96 bits per heavy atom. The quantitative estimate of drug-likeness (QED) is 0.768. The summed E-state index contributed by atoms with van der Waals surface area (Å²) >= 11 is 4.55. The Bertz CT molecular complexity index is 868. The van der Waals surface area contributed by atoms with Gasteiger partial charge in [-0.15, -0.1) is 11.3 Å². The standard InChI is InChI=1S/C16H17BrN2O4S2/c1-19(25(21,22)16-3-2-8-24-16)10-15(20)18-13-6-7-23-14-5-4-11(17)9-12(13)14/h2-5,8-9,13H,6-7,10H2,1H3,(H,18,20). The Hall–Kier alpha value is -1.42. The van der Waals surface area contributed by atoms with Gasteiger partial charge in [0.15, 0.2) is 0 Å². The van der Waals surface area contributed by atoms with Crippen molar-refractivity contribution in [1.82, 2.24) is 9.62 Å². The molecule has 9 heteroatoms. The van der Waals surface area contributed by atoms with Crippen molar-refractivity contribution in [2.45, 2.75) is 16.7 Å². The summed E-state index contributed by atoms with van der Waals surface area (Å²) in [5.41, 5.74) is 0.887. The lowest BCUT2D eigenvalue weighted by molar-refractivity contribution is -0.122. The topological polar surface area (TPSA) is 75.7 Å². The van der Waals surface area contributed by atoms with Crippen LogP contribution in [-0.4, -0.2) is 38.8 Å². The fourth-order valence-electron chi connectivity index (χ4n) is 2.61. The van der Waals surface area contributed by atoms with Crippen LogP contribution in [0.2, 0.25) is 0 Å². The van der Waals surface area contributed by atoms with E-state index in [4.69, 9.17) is 4.74 Å². The average Bonchev–Trinajstić information content (AvgIpc) is 3.10. The third-order valence-electron chi connectivity index (χ3n) is 3.87. The first kappa shape index (κ1) is 18.4. The maximum atomic E-state index is 12.4. The maximum absolute atomic E-state index is 12.4. The lowest BCUT2D eigenvalue weighted by Crippen LogP contribution is -2.40. The summed E-state index contributed by atoms with van der Waals surface area (Å²) in [7, 11) is -2.23. The van der Waals surface area contributed by atoms with Gasteiger partial charge < -0.3 is 10.1 Å². The number of rotatable bonds is 5. The number of amides is 1. The zero-order chi connectivity index (χ0) is 18.0. The Labute approximate surface area is 159 Å². The molecule has 1 aromatic heterocycles. The molecule has 1 unspecified atom stereocenters. The number of hydrogen-bond acceptors (Lipinski definition) is 5. The first-order valence-corrected chi connectivity index (χ1v) is 10.7. The number of nitrogens with zero attached hydrogens (tertiary/aromatic N) is 1. The summed E-state index contributed by atoms with van der Waals surface area (Å²) in [6.07, 6.45) is 0.635. The first-order chi connectivity index (χ1) is 11.9. The van der Waals surface area contributed by atoms with Gasteiger partial charge in [0.1, 0.15) is 9.96 Å². The molecule has 1 amide bonds. The molecule has 0 saturated carbocycles. The van der Waals surface area contributed by atoms with Crippen molar-refractivity contribution in [2.24, 2.45) is 0 Å². The monoisotopic (exact) mass is 444 g/mol. The van der Waals surface area contributed by atoms with Gasteiger partial charge in [0.05, 0.1) is 19.2 Å². The van der Waals surface area contributed by atoms with Crippen molar-refractivity contribution in [1.29, 1.82) is 0 Å². The molecule has 0 saturated heterocycles. The third-order valence-corrected chi connectivity index (χ3v) is 7.54. The molecule has 0 fully saturated rings. The molecular weight excluding hydrogens is 428 g/mol. The molecule has 2 heterocycles. The zero-order valence-electron chi connectivity index (χ0n) is 13.4. The number of carbonyl (C=O) groups excluding carboxylic acids is 1. The van der Waals surface area contributed by atoms with Gasteiger partial charge in [0, 0.05) is 23.5 Å². The van der Waals surface area contributed by atoms with Crippen molar-refractivity contribution in [2.75, 3.05) is 20.2 Å². The molecule has 0 bridgehead atoms. The Morgan fingerprint density at radius 2 is 2.24 bits per heavy atom. The second kappa shape index (κ2) is 7.45. The number of nitrogens with one attached hydrogen (secondary N) is 1. The SMILES string of the molecule is CN(CC(=O)NC1CCOc2ccc(Br)cc21)S(=O)(=O)c1cccs1. The number of sulfonamides is 1. The number of thiophene rings is 1. The highest BCUT2D eigenvalue weighted by atomic mass is 79.9. The maximum Gasteiger partial charge on any atom is 0.252 e. The van der Waals surface area contributed by atoms with Crippen molar-refractivity contribution in [3.05, 3.63) is 45.7 Å². The third kappa shape index (κ3) is 4.05. The normalized spacial score (nSPS) is 17.0. The van der Waals surface area contributed by atoms with Gasteiger partial charge in [-0.3, -0.25) is 4.79 Å². The number of halogens is 1. The van der Waals surface area contributed by atoms with Crippen molar-refractivity contribution < 1.29 is 17.9 Å². The van der Waals surface area contributed by atoms with Crippen LogP contribution in [0.25, 0.3) is 0 Å². The van der Waals surface area contributed by atoms with Gasteiger partial charge in [0.2, 0.25) is 5.91 Å². The molecule has 3 rings (SSSR count). The van der Waals surface area contributed by atoms with Gasteiger partial charge in [-0.1, -0.05) is 22.0 Å². The van der Waals surface area contributed by atoms with Crippen LogP contribution in [0.3, 0.4) is 0 Å². The molecule has 1 N–H and O–H groups in total. The molecule has 1 aliphatic rings. The summed E-state index contributed by atoms with van der Waals surface area (Å²) < 4.78 is 32.6. The largest absolute Gasteiger partial charge is 0.493 e. The zero-order valence-corrected chi connectivity index (χ0v) is 16.7. The van der Waals surface area contributed by atoms with Gasteiger partial charge in [-0.25, -0.2) is 8.42 Å². The Balaban J connectivity index is 1.69. The van der Waals surface area contributed by atoms with Crippen molar-refractivity contribution in [3.8, 4) is 5.75 Å². The molecule has 0 aliphatic carbocycles. The Kier molecular flexibility index (Phi) is 5.47. The van der Waals surface area contributed by atoms with E-state index in [1.807, 2.05) is 18.2 Å². The lowest BCUT2D eigenvalue weighted by atomic mass is 10.0. The molecule has 1 atom stereocenters. The second-order valence-electron chi connectivity index (χ2n) is 5.63. The van der Waals surface area contributed by atoms with E-state index in [2.05, 4.69) is 21.2 Å². The predicted octanol–water partition coefficient (Wildman–Crippen LogP) is 2.77. The summed E-state index contributed by atoms with van der Waals surface area (Å²) in [5, 5.41) is 4.60. The minimum Gasteiger partial charge on any atom is -0.493 e. The van der Waals surface area contributed by atoms with Crippen LogP contribution in [0.1, 0.15) is 18.0 Å². The van der Waals surface area contributed by atoms with Gasteiger partial charge >= 0.3 is 0 Å². The predicted molar refractivity (Wildman–Crippen MR) is 99.3 cm³/mol. The first-order valence-electron chi connectivity index (χ1n) is 7.59. The fraction of sp³-hybridized carbons (Fsp3) is 0.312. The van der Waals surface area contributed by atoms with Crippen LogP contribution in [0, 0.1) is 0 Å². The number of likely N-dealkylation sites (N-methyl/N-ethyl adjacent to an activating group) is 1. The number of carbonyl (C=O) groups is 1. The summed E-state index contributed by atoms with van der Waals surface area (Å²) in [5.74, 6) is 0.389. The van der Waals surface area contributed by atoms with Crippen LogP contribution in [0.15, 0.2) is 44.4 Å². The fourth-order valence-corrected chi connectivity index (χ4v) is 5.31. The van der Waals surface area contributed by atoms with Gasteiger partial charge in [-0.2, -0.15) is 4.31 Å². The molecule has 25 heavy (non-hydrogen) atoms. The number of fused-ring (bicyclic) bond motifs is 1. The van der Waals surface area contributed by atoms with E-state index in [9.17, 15) is 13.2 Å². The molecule has 134 valence electrons. The van der Waals surface area contributed by atoms with E-state index in [-0.39, 0.29) is 22.7 Å². The molecule has 0 spiro atoms. The average molecular weight is 445 g/mol. The van der Waals surface area contributed by atoms with Crippen LogP contribution in [0.4, 0.5) is 0 Å². The molecule has 2 aromatic rings. The van der Waals surface area contributed by atoms with Crippen LogP contribution in [0.5, 0.6) is 5.75 Å². The van der Waals surface area contributed by atoms with E-state index >= 15 is 0 Å². The summed E-state index contributed by atoms with van der Waals surface area (Å²) in [4.78, 5) is 12.4. The number of hydrogen-bond donors (Lipinski definition) is 1. The smallest absolute Gasteiger partial charge is 0.252 e. The number of benzene rings is 1. The highest BCUT2D eigenvalue weighted by Gasteiger charge is 2.27. The van der Waals surface area contributed by atoms with Gasteiger partial charge in [-0.05, 0) is 29.6 Å². The summed E-state index contributed by atoms with van der Waals surface area (Å²) in [6, 6.07) is 8.64. The molecular formula is C16H17BrN2O4S2. The van der Waals surface area contributed by atoms with E-state index in [1.54, 1.807) is 11.4 Å². The van der Waals surface area contributed by atoms with Crippen LogP contribution < -0.4 is 10.1 Å². The van der Waals surface area contributed by atoms with E-state index in [0.717, 1.165) is 31.4 Å². The van der Waals surface area contributed by atoms with Crippen molar-refractivity contribution >= 4 is 43.2 Å². The molecule has 6 nitrogen and oxygen atoms in total. The molecule has 0 radical (unpaired) electrons. The highest BCUT2D eigenvalue weighted by molar-refractivity contribution is 9.10. The van der Waals surface area contributed by atoms with Gasteiger partial charge in [0.25, 0.3) is 10.0 Å². The molecule has 1 aromatic carbocycles. The molecule has 1 aliphatic heterocycles. The van der Waals surface area contributed by atoms with E-state index in [1.165, 1.54) is 13.1 Å². The van der Waals surface area contributed by atoms with Crippen LogP contribution in [-0.2, 0) is 14.8 Å². The minimum atomic E-state index is -3.64. The highest BCUT2D eigenvalue weighted by Crippen LogP contribution is 2.34. The second-order valence-corrected chi connectivity index (χ2v) is 9.77.